The van der Waals surface area contributed by atoms with Gasteiger partial charge in [0.15, 0.2) is 5.76 Å². The van der Waals surface area contributed by atoms with Gasteiger partial charge in [-0.1, -0.05) is 17.7 Å². The Hall–Kier alpha value is -3.23. The number of nitrogens with one attached hydrogen (secondary N) is 2. The van der Waals surface area contributed by atoms with E-state index < -0.39 is 11.2 Å². The zero-order valence-corrected chi connectivity index (χ0v) is 17.3. The maximum Gasteiger partial charge on any atom is 0.337 e. The lowest BCUT2D eigenvalue weighted by atomic mass is 10.2. The average Bonchev–Trinajstić information content (AvgIpc) is 3.24. The van der Waals surface area contributed by atoms with E-state index in [0.717, 1.165) is 4.90 Å². The molecule has 0 aliphatic carbocycles. The van der Waals surface area contributed by atoms with Crippen LogP contribution in [0.4, 0.5) is 11.4 Å². The van der Waals surface area contributed by atoms with Crippen LogP contribution in [0.5, 0.6) is 0 Å². The van der Waals surface area contributed by atoms with Crippen molar-refractivity contribution in [3.63, 3.8) is 0 Å². The van der Waals surface area contributed by atoms with Crippen LogP contribution in [-0.2, 0) is 4.79 Å². The molecule has 30 heavy (non-hydrogen) atoms. The van der Waals surface area contributed by atoms with Crippen molar-refractivity contribution < 1.29 is 23.9 Å². The first-order valence-electron chi connectivity index (χ1n) is 8.79. The van der Waals surface area contributed by atoms with Gasteiger partial charge in [0.25, 0.3) is 5.91 Å². The molecule has 0 saturated carbocycles. The molecule has 1 heterocycles. The highest BCUT2D eigenvalue weighted by Crippen LogP contribution is 2.27. The van der Waals surface area contributed by atoms with E-state index in [1.807, 2.05) is 6.07 Å². The minimum atomic E-state index is -1.17. The molecule has 0 bridgehead atoms. The van der Waals surface area contributed by atoms with Gasteiger partial charge in [-0.3, -0.25) is 9.59 Å². The molecule has 2 amide bonds. The van der Waals surface area contributed by atoms with E-state index >= 15 is 0 Å². The number of halogens is 1. The Labute approximate surface area is 181 Å². The van der Waals surface area contributed by atoms with Crippen LogP contribution in [0.15, 0.2) is 70.2 Å². The van der Waals surface area contributed by atoms with Crippen molar-refractivity contribution in [2.45, 2.75) is 17.1 Å². The maximum atomic E-state index is 12.5. The number of thioether (sulfide) groups is 1. The predicted octanol–water partition coefficient (Wildman–Crippen LogP) is 5.00. The lowest BCUT2D eigenvalue weighted by Crippen LogP contribution is -2.22. The third kappa shape index (κ3) is 5.43. The number of furan rings is 1. The monoisotopic (exact) mass is 444 g/mol. The van der Waals surface area contributed by atoms with Crippen LogP contribution >= 0.6 is 23.4 Å². The lowest BCUT2D eigenvalue weighted by molar-refractivity contribution is -0.115. The zero-order chi connectivity index (χ0) is 21.7. The highest BCUT2D eigenvalue weighted by atomic mass is 35.5. The minimum Gasteiger partial charge on any atom is -0.478 e. The average molecular weight is 445 g/mol. The number of benzene rings is 2. The number of aromatic carboxylic acids is 1. The molecule has 3 rings (SSSR count). The molecule has 0 aliphatic heterocycles. The van der Waals surface area contributed by atoms with Crippen molar-refractivity contribution in [1.82, 2.24) is 0 Å². The van der Waals surface area contributed by atoms with Crippen LogP contribution in [0, 0.1) is 0 Å². The number of rotatable bonds is 7. The van der Waals surface area contributed by atoms with Gasteiger partial charge in [-0.15, -0.1) is 11.8 Å². The molecule has 1 unspecified atom stereocenters. The summed E-state index contributed by atoms with van der Waals surface area (Å²) >= 11 is 7.14. The van der Waals surface area contributed by atoms with Crippen LogP contribution in [0.1, 0.15) is 27.8 Å². The first kappa shape index (κ1) is 21.5. The summed E-state index contributed by atoms with van der Waals surface area (Å²) < 4.78 is 5.07. The summed E-state index contributed by atoms with van der Waals surface area (Å²) in [6, 6.07) is 14.5. The molecule has 1 atom stereocenters. The first-order chi connectivity index (χ1) is 14.3. The fourth-order valence-electron chi connectivity index (χ4n) is 2.52. The number of hydrogen-bond donors (Lipinski definition) is 3. The van der Waals surface area contributed by atoms with Gasteiger partial charge in [-0.05, 0) is 55.5 Å². The zero-order valence-electron chi connectivity index (χ0n) is 15.7. The highest BCUT2D eigenvalue weighted by Gasteiger charge is 2.17. The number of amides is 2. The van der Waals surface area contributed by atoms with Gasteiger partial charge in [0.1, 0.15) is 0 Å². The smallest absolute Gasteiger partial charge is 0.337 e. The Morgan fingerprint density at radius 3 is 2.50 bits per heavy atom. The summed E-state index contributed by atoms with van der Waals surface area (Å²) in [5.41, 5.74) is 0.821. The fraction of sp³-hybridized carbons (Fsp3) is 0.0952. The summed E-state index contributed by atoms with van der Waals surface area (Å²) in [6.07, 6.45) is 1.42. The number of carboxylic acids is 1. The van der Waals surface area contributed by atoms with Crippen LogP contribution in [0.3, 0.4) is 0 Å². The Balaban J connectivity index is 1.63. The van der Waals surface area contributed by atoms with E-state index in [-0.39, 0.29) is 28.2 Å². The molecule has 0 aliphatic rings. The van der Waals surface area contributed by atoms with Gasteiger partial charge >= 0.3 is 5.97 Å². The second-order valence-corrected chi connectivity index (χ2v) is 8.03. The van der Waals surface area contributed by atoms with E-state index in [0.29, 0.717) is 11.4 Å². The molecular formula is C21H17ClN2O5S. The van der Waals surface area contributed by atoms with E-state index in [2.05, 4.69) is 10.6 Å². The van der Waals surface area contributed by atoms with Crippen molar-refractivity contribution in [3.05, 3.63) is 77.2 Å². The number of carboxylic acid groups (broad SMARTS) is 1. The maximum absolute atomic E-state index is 12.5. The molecule has 0 spiro atoms. The van der Waals surface area contributed by atoms with Gasteiger partial charge in [-0.2, -0.15) is 0 Å². The molecule has 2 aromatic carbocycles. The Bertz CT molecular complexity index is 1080. The predicted molar refractivity (Wildman–Crippen MR) is 115 cm³/mol. The molecular weight excluding hydrogens is 428 g/mol. The normalized spacial score (nSPS) is 11.5. The minimum absolute atomic E-state index is 0.0882. The second-order valence-electron chi connectivity index (χ2n) is 6.21. The van der Waals surface area contributed by atoms with E-state index in [1.54, 1.807) is 37.3 Å². The van der Waals surface area contributed by atoms with Crippen LogP contribution in [-0.4, -0.2) is 28.1 Å². The van der Waals surface area contributed by atoms with Crippen molar-refractivity contribution in [2.24, 2.45) is 0 Å². The summed E-state index contributed by atoms with van der Waals surface area (Å²) in [5.74, 6) is -1.65. The number of hydrogen-bond acceptors (Lipinski definition) is 5. The van der Waals surface area contributed by atoms with Crippen LogP contribution < -0.4 is 10.6 Å². The van der Waals surface area contributed by atoms with Crippen molar-refractivity contribution in [3.8, 4) is 0 Å². The van der Waals surface area contributed by atoms with E-state index in [4.69, 9.17) is 21.1 Å². The quantitative estimate of drug-likeness (QED) is 0.442. The molecule has 0 fully saturated rings. The fourth-order valence-corrected chi connectivity index (χ4v) is 3.64. The SMILES string of the molecule is CC(Sc1cccc(NC(=O)c2ccco2)c1)C(=O)Nc1ccc(Cl)c(C(=O)O)c1. The largest absolute Gasteiger partial charge is 0.478 e. The van der Waals surface area contributed by atoms with E-state index in [9.17, 15) is 14.4 Å². The third-order valence-corrected chi connectivity index (χ3v) is 5.41. The number of carbonyl (C=O) groups excluding carboxylic acids is 2. The Morgan fingerprint density at radius 1 is 1.03 bits per heavy atom. The molecule has 7 nitrogen and oxygen atoms in total. The summed E-state index contributed by atoms with van der Waals surface area (Å²) in [4.78, 5) is 36.6. The summed E-state index contributed by atoms with van der Waals surface area (Å²) in [7, 11) is 0. The van der Waals surface area contributed by atoms with Crippen molar-refractivity contribution in [1.29, 1.82) is 0 Å². The van der Waals surface area contributed by atoms with Gasteiger partial charge in [0.05, 0.1) is 22.1 Å². The molecule has 9 heteroatoms. The highest BCUT2D eigenvalue weighted by molar-refractivity contribution is 8.00. The molecule has 0 radical (unpaired) electrons. The molecule has 0 saturated heterocycles. The molecule has 1 aromatic heterocycles. The topological polar surface area (TPSA) is 109 Å². The standard InChI is InChI=1S/C21H17ClN2O5S/c1-12(19(25)23-14-7-8-17(22)16(11-14)21(27)28)30-15-5-2-4-13(10-15)24-20(26)18-6-3-9-29-18/h2-12H,1H3,(H,23,25)(H,24,26)(H,27,28). The van der Waals surface area contributed by atoms with Crippen molar-refractivity contribution >= 4 is 52.5 Å². The molecule has 154 valence electrons. The Morgan fingerprint density at radius 2 is 1.80 bits per heavy atom. The summed E-state index contributed by atoms with van der Waals surface area (Å²) in [5, 5.41) is 14.2. The van der Waals surface area contributed by atoms with Crippen LogP contribution in [0.2, 0.25) is 5.02 Å². The Kier molecular flexibility index (Phi) is 6.81. The van der Waals surface area contributed by atoms with Gasteiger partial charge in [0, 0.05) is 16.3 Å². The van der Waals surface area contributed by atoms with E-state index in [1.165, 1.54) is 36.2 Å². The lowest BCUT2D eigenvalue weighted by Gasteiger charge is -2.13. The number of anilines is 2. The van der Waals surface area contributed by atoms with Gasteiger partial charge in [0.2, 0.25) is 5.91 Å². The van der Waals surface area contributed by atoms with Crippen LogP contribution in [0.25, 0.3) is 0 Å². The first-order valence-corrected chi connectivity index (χ1v) is 10.0. The van der Waals surface area contributed by atoms with Gasteiger partial charge < -0.3 is 20.2 Å². The van der Waals surface area contributed by atoms with Crippen molar-refractivity contribution in [2.75, 3.05) is 10.6 Å². The number of carbonyl (C=O) groups is 3. The molecule has 3 N–H and O–H groups in total. The molecule has 3 aromatic rings. The summed E-state index contributed by atoms with van der Waals surface area (Å²) in [6.45, 7) is 1.72. The third-order valence-electron chi connectivity index (χ3n) is 3.98. The van der Waals surface area contributed by atoms with Gasteiger partial charge in [-0.25, -0.2) is 4.79 Å². The second kappa shape index (κ2) is 9.51.